The van der Waals surface area contributed by atoms with Crippen molar-refractivity contribution >= 4 is 23.5 Å². The van der Waals surface area contributed by atoms with Crippen LogP contribution >= 0.6 is 11.6 Å². The van der Waals surface area contributed by atoms with Gasteiger partial charge in [0.05, 0.1) is 0 Å². The van der Waals surface area contributed by atoms with Gasteiger partial charge in [-0.3, -0.25) is 4.79 Å². The smallest absolute Gasteiger partial charge is 0.371 e. The van der Waals surface area contributed by atoms with E-state index in [4.69, 9.17) is 21.1 Å². The average Bonchev–Trinajstić information content (AvgIpc) is 3.10. The molecule has 1 aliphatic carbocycles. The molecule has 22 heavy (non-hydrogen) atoms. The number of carbonyl (C=O) groups is 2. The monoisotopic (exact) mass is 319 g/mol. The fourth-order valence-corrected chi connectivity index (χ4v) is 2.83. The van der Waals surface area contributed by atoms with Crippen LogP contribution in [0.15, 0.2) is 40.8 Å². The summed E-state index contributed by atoms with van der Waals surface area (Å²) in [6.45, 7) is 0.443. The van der Waals surface area contributed by atoms with Gasteiger partial charge in [0.25, 0.3) is 5.91 Å². The van der Waals surface area contributed by atoms with Crippen LogP contribution in [0.25, 0.3) is 0 Å². The molecule has 0 saturated heterocycles. The molecule has 1 fully saturated rings. The summed E-state index contributed by atoms with van der Waals surface area (Å²) in [7, 11) is 0. The Balaban J connectivity index is 1.68. The topological polar surface area (TPSA) is 79.5 Å². The third kappa shape index (κ3) is 2.72. The number of amides is 1. The first-order valence-corrected chi connectivity index (χ1v) is 7.26. The lowest BCUT2D eigenvalue weighted by Crippen LogP contribution is -2.32. The number of hydrogen-bond acceptors (Lipinski definition) is 3. The highest BCUT2D eigenvalue weighted by Gasteiger charge is 2.45. The third-order valence-electron chi connectivity index (χ3n) is 3.93. The van der Waals surface area contributed by atoms with Crippen molar-refractivity contribution in [3.63, 3.8) is 0 Å². The largest absolute Gasteiger partial charge is 0.475 e. The molecule has 1 heterocycles. The fraction of sp³-hybridized carbons (Fsp3) is 0.250. The summed E-state index contributed by atoms with van der Waals surface area (Å²) in [5.74, 6) is -1.88. The van der Waals surface area contributed by atoms with Crippen molar-refractivity contribution in [3.05, 3.63) is 58.5 Å². The first kappa shape index (κ1) is 14.7. The van der Waals surface area contributed by atoms with Gasteiger partial charge in [0.1, 0.15) is 0 Å². The van der Waals surface area contributed by atoms with E-state index in [9.17, 15) is 9.59 Å². The van der Waals surface area contributed by atoms with Gasteiger partial charge in [-0.05, 0) is 36.6 Å². The molecule has 114 valence electrons. The molecule has 1 saturated carbocycles. The maximum absolute atomic E-state index is 12.0. The minimum Gasteiger partial charge on any atom is -0.475 e. The molecular weight excluding hydrogens is 306 g/mol. The van der Waals surface area contributed by atoms with Gasteiger partial charge in [-0.25, -0.2) is 4.79 Å². The summed E-state index contributed by atoms with van der Waals surface area (Å²) >= 11 is 6.22. The van der Waals surface area contributed by atoms with Crippen molar-refractivity contribution in [3.8, 4) is 0 Å². The molecule has 0 aliphatic heterocycles. The van der Waals surface area contributed by atoms with Gasteiger partial charge in [-0.15, -0.1) is 0 Å². The Bertz CT molecular complexity index is 733. The van der Waals surface area contributed by atoms with Crippen molar-refractivity contribution < 1.29 is 19.1 Å². The van der Waals surface area contributed by atoms with E-state index >= 15 is 0 Å². The van der Waals surface area contributed by atoms with Crippen LogP contribution in [0.1, 0.15) is 39.5 Å². The molecule has 1 aromatic carbocycles. The SMILES string of the molecule is O=C(O)c1ccc(C(=O)NCC2(c3ccccc3Cl)CC2)o1. The van der Waals surface area contributed by atoms with Crippen molar-refractivity contribution in [2.45, 2.75) is 18.3 Å². The molecule has 0 spiro atoms. The van der Waals surface area contributed by atoms with Gasteiger partial charge in [0.15, 0.2) is 5.76 Å². The zero-order valence-corrected chi connectivity index (χ0v) is 12.4. The van der Waals surface area contributed by atoms with Gasteiger partial charge in [-0.1, -0.05) is 29.8 Å². The molecule has 2 N–H and O–H groups in total. The van der Waals surface area contributed by atoms with Gasteiger partial charge >= 0.3 is 5.97 Å². The summed E-state index contributed by atoms with van der Waals surface area (Å²) in [5.41, 5.74) is 0.901. The molecule has 2 aromatic rings. The van der Waals surface area contributed by atoms with Crippen LogP contribution in [0.3, 0.4) is 0 Å². The third-order valence-corrected chi connectivity index (χ3v) is 4.26. The van der Waals surface area contributed by atoms with E-state index in [2.05, 4.69) is 5.32 Å². The number of hydrogen-bond donors (Lipinski definition) is 2. The van der Waals surface area contributed by atoms with Gasteiger partial charge in [0, 0.05) is 17.0 Å². The molecule has 0 unspecified atom stereocenters. The zero-order chi connectivity index (χ0) is 15.7. The molecule has 6 heteroatoms. The Morgan fingerprint density at radius 2 is 1.86 bits per heavy atom. The van der Waals surface area contributed by atoms with E-state index in [1.807, 2.05) is 24.3 Å². The number of rotatable bonds is 5. The Morgan fingerprint density at radius 1 is 1.18 bits per heavy atom. The standard InChI is InChI=1S/C16H14ClNO4/c17-11-4-2-1-3-10(11)16(7-8-16)9-18-14(19)12-5-6-13(22-12)15(20)21/h1-6H,7-9H2,(H,18,19)(H,20,21). The van der Waals surface area contributed by atoms with E-state index in [0.717, 1.165) is 18.4 Å². The number of carbonyl (C=O) groups excluding carboxylic acids is 1. The first-order chi connectivity index (χ1) is 10.5. The Kier molecular flexibility index (Phi) is 3.66. The number of halogens is 1. The maximum atomic E-state index is 12.0. The van der Waals surface area contributed by atoms with E-state index in [1.165, 1.54) is 12.1 Å². The quantitative estimate of drug-likeness (QED) is 0.887. The van der Waals surface area contributed by atoms with Crippen LogP contribution < -0.4 is 5.32 Å². The lowest BCUT2D eigenvalue weighted by molar-refractivity contribution is 0.0659. The second-order valence-electron chi connectivity index (χ2n) is 5.41. The Labute approximate surface area is 131 Å². The highest BCUT2D eigenvalue weighted by atomic mass is 35.5. The average molecular weight is 320 g/mol. The second kappa shape index (κ2) is 5.50. The van der Waals surface area contributed by atoms with E-state index in [1.54, 1.807) is 0 Å². The molecule has 0 radical (unpaired) electrons. The van der Waals surface area contributed by atoms with Gasteiger partial charge < -0.3 is 14.8 Å². The van der Waals surface area contributed by atoms with Crippen LogP contribution in [0.2, 0.25) is 5.02 Å². The predicted molar refractivity (Wildman–Crippen MR) is 80.4 cm³/mol. The lowest BCUT2D eigenvalue weighted by atomic mass is 9.96. The fourth-order valence-electron chi connectivity index (χ4n) is 2.49. The van der Waals surface area contributed by atoms with Gasteiger partial charge in [-0.2, -0.15) is 0 Å². The molecule has 1 aliphatic rings. The summed E-state index contributed by atoms with van der Waals surface area (Å²) < 4.78 is 4.98. The first-order valence-electron chi connectivity index (χ1n) is 6.88. The number of benzene rings is 1. The molecule has 1 amide bonds. The van der Waals surface area contributed by atoms with Crippen molar-refractivity contribution in [2.75, 3.05) is 6.54 Å². The highest BCUT2D eigenvalue weighted by Crippen LogP contribution is 2.49. The second-order valence-corrected chi connectivity index (χ2v) is 5.82. The summed E-state index contributed by atoms with van der Waals surface area (Å²) in [4.78, 5) is 22.8. The van der Waals surface area contributed by atoms with Crippen LogP contribution in [-0.2, 0) is 5.41 Å². The number of carboxylic acids is 1. The maximum Gasteiger partial charge on any atom is 0.371 e. The number of nitrogens with one attached hydrogen (secondary N) is 1. The number of furan rings is 1. The minimum atomic E-state index is -1.20. The van der Waals surface area contributed by atoms with E-state index in [-0.39, 0.29) is 16.9 Å². The van der Waals surface area contributed by atoms with E-state index in [0.29, 0.717) is 11.6 Å². The molecule has 5 nitrogen and oxygen atoms in total. The van der Waals surface area contributed by atoms with Crippen LogP contribution in [0.4, 0.5) is 0 Å². The number of aromatic carboxylic acids is 1. The summed E-state index contributed by atoms with van der Waals surface area (Å²) in [5, 5.41) is 12.3. The van der Waals surface area contributed by atoms with Crippen molar-refractivity contribution in [1.82, 2.24) is 5.32 Å². The molecule has 0 bridgehead atoms. The molecule has 3 rings (SSSR count). The predicted octanol–water partition coefficient (Wildman–Crippen LogP) is 3.09. The Hall–Kier alpha value is -2.27. The van der Waals surface area contributed by atoms with Crippen molar-refractivity contribution in [2.24, 2.45) is 0 Å². The summed E-state index contributed by atoms with van der Waals surface area (Å²) in [6.07, 6.45) is 1.91. The molecular formula is C16H14ClNO4. The lowest BCUT2D eigenvalue weighted by Gasteiger charge is -2.17. The minimum absolute atomic E-state index is 0.00708. The van der Waals surface area contributed by atoms with Gasteiger partial charge in [0.2, 0.25) is 5.76 Å². The van der Waals surface area contributed by atoms with Crippen LogP contribution in [-0.4, -0.2) is 23.5 Å². The van der Waals surface area contributed by atoms with E-state index < -0.39 is 11.9 Å². The van der Waals surface area contributed by atoms with Crippen LogP contribution in [0, 0.1) is 0 Å². The van der Waals surface area contributed by atoms with Crippen LogP contribution in [0.5, 0.6) is 0 Å². The highest BCUT2D eigenvalue weighted by molar-refractivity contribution is 6.31. The normalized spacial score (nSPS) is 15.3. The zero-order valence-electron chi connectivity index (χ0n) is 11.6. The van der Waals surface area contributed by atoms with Crippen molar-refractivity contribution in [1.29, 1.82) is 0 Å². The molecule has 0 atom stereocenters. The number of carboxylic acid groups (broad SMARTS) is 1. The summed E-state index contributed by atoms with van der Waals surface area (Å²) in [6, 6.07) is 10.2. The Morgan fingerprint density at radius 3 is 2.45 bits per heavy atom. The molecule has 1 aromatic heterocycles.